The first-order valence-electron chi connectivity index (χ1n) is 10.7. The molecule has 0 amide bonds. The van der Waals surface area contributed by atoms with E-state index in [0.29, 0.717) is 5.92 Å². The monoisotopic (exact) mass is 370 g/mol. The molecule has 1 atom stereocenters. The van der Waals surface area contributed by atoms with Crippen LogP contribution in [0.15, 0.2) is 0 Å². The Labute approximate surface area is 171 Å². The average Bonchev–Trinajstić information content (AvgIpc) is 2.66. The summed E-state index contributed by atoms with van der Waals surface area (Å²) in [6.45, 7) is 25.7. The highest BCUT2D eigenvalue weighted by Gasteiger charge is 2.33. The van der Waals surface area contributed by atoms with Crippen molar-refractivity contribution in [1.82, 2.24) is 0 Å². The zero-order valence-electron chi connectivity index (χ0n) is 19.6. The van der Waals surface area contributed by atoms with Crippen molar-refractivity contribution < 1.29 is 0 Å². The Morgan fingerprint density at radius 2 is 0.750 bits per heavy atom. The van der Waals surface area contributed by atoms with Crippen molar-refractivity contribution in [3.05, 3.63) is 66.8 Å². The van der Waals surface area contributed by atoms with Crippen LogP contribution in [0.5, 0.6) is 0 Å². The van der Waals surface area contributed by atoms with Gasteiger partial charge in [-0.15, -0.1) is 0 Å². The van der Waals surface area contributed by atoms with Gasteiger partial charge in [-0.2, -0.15) is 0 Å². The van der Waals surface area contributed by atoms with E-state index in [2.05, 4.69) is 76.2 Å². The van der Waals surface area contributed by atoms with Gasteiger partial charge in [0, 0.05) is 5.92 Å². The molecule has 0 saturated carbocycles. The van der Waals surface area contributed by atoms with Gasteiger partial charge in [-0.05, 0) is 158 Å². The van der Waals surface area contributed by atoms with E-state index < -0.39 is 0 Å². The highest BCUT2D eigenvalue weighted by atomic mass is 14.4. The molecule has 0 heterocycles. The van der Waals surface area contributed by atoms with E-state index in [4.69, 9.17) is 0 Å². The van der Waals surface area contributed by atoms with Gasteiger partial charge in [-0.25, -0.2) is 0 Å². The summed E-state index contributed by atoms with van der Waals surface area (Å²) < 4.78 is 0. The third-order valence-electron chi connectivity index (χ3n) is 8.40. The average molecular weight is 371 g/mol. The van der Waals surface area contributed by atoms with Crippen molar-refractivity contribution in [3.8, 4) is 11.1 Å². The van der Waals surface area contributed by atoms with Gasteiger partial charge in [0.2, 0.25) is 0 Å². The Morgan fingerprint density at radius 3 is 1.32 bits per heavy atom. The third kappa shape index (κ3) is 2.07. The second-order valence-corrected chi connectivity index (χ2v) is 9.30. The molecule has 4 rings (SSSR count). The van der Waals surface area contributed by atoms with Crippen LogP contribution in [-0.2, 0) is 0 Å². The predicted octanol–water partition coefficient (Wildman–Crippen LogP) is 8.06. The number of hydrogen-bond donors (Lipinski definition) is 0. The predicted molar refractivity (Wildman–Crippen MR) is 124 cm³/mol. The minimum Gasteiger partial charge on any atom is -0.0542 e. The standard InChI is InChI=1S/C28H34/c1-12-13(2)20(9)26-24(16(12)5)22(11)25-19(8)14(3)17(6)23-18(7)15(4)21(10)27(26)28(23)25/h22H,1-11H3. The molecule has 1 aliphatic rings. The largest absolute Gasteiger partial charge is 0.0542 e. The molecular weight excluding hydrogens is 336 g/mol. The van der Waals surface area contributed by atoms with Crippen molar-refractivity contribution in [3.63, 3.8) is 0 Å². The molecule has 3 aromatic carbocycles. The molecular formula is C28H34. The number of aryl methyl sites for hydroxylation is 2. The highest BCUT2D eigenvalue weighted by molar-refractivity contribution is 6.09. The first-order chi connectivity index (χ1) is 13.0. The Kier molecular flexibility index (Phi) is 4.10. The van der Waals surface area contributed by atoms with E-state index in [9.17, 15) is 0 Å². The Balaban J connectivity index is 2.43. The lowest BCUT2D eigenvalue weighted by Crippen LogP contribution is -2.16. The fourth-order valence-electron chi connectivity index (χ4n) is 5.96. The molecule has 0 saturated heterocycles. The van der Waals surface area contributed by atoms with Crippen molar-refractivity contribution >= 4 is 10.8 Å². The van der Waals surface area contributed by atoms with Crippen molar-refractivity contribution in [2.75, 3.05) is 0 Å². The summed E-state index contributed by atoms with van der Waals surface area (Å²) in [5.74, 6) is 0.434. The van der Waals surface area contributed by atoms with Crippen LogP contribution in [0.25, 0.3) is 21.9 Å². The quantitative estimate of drug-likeness (QED) is 0.375. The van der Waals surface area contributed by atoms with Gasteiger partial charge in [-0.3, -0.25) is 0 Å². The Bertz CT molecular complexity index is 1190. The van der Waals surface area contributed by atoms with Gasteiger partial charge in [0.25, 0.3) is 0 Å². The Hall–Kier alpha value is -2.08. The van der Waals surface area contributed by atoms with Crippen LogP contribution in [0.4, 0.5) is 0 Å². The van der Waals surface area contributed by atoms with Gasteiger partial charge in [0.1, 0.15) is 0 Å². The second-order valence-electron chi connectivity index (χ2n) is 9.30. The van der Waals surface area contributed by atoms with E-state index in [-0.39, 0.29) is 0 Å². The van der Waals surface area contributed by atoms with E-state index >= 15 is 0 Å². The molecule has 3 aromatic rings. The van der Waals surface area contributed by atoms with Crippen LogP contribution < -0.4 is 0 Å². The van der Waals surface area contributed by atoms with E-state index in [1.165, 1.54) is 77.5 Å². The van der Waals surface area contributed by atoms with Gasteiger partial charge in [0.05, 0.1) is 0 Å². The topological polar surface area (TPSA) is 0 Å². The lowest BCUT2D eigenvalue weighted by atomic mass is 9.68. The van der Waals surface area contributed by atoms with Crippen LogP contribution in [0, 0.1) is 69.2 Å². The lowest BCUT2D eigenvalue weighted by Gasteiger charge is -2.36. The van der Waals surface area contributed by atoms with Crippen molar-refractivity contribution in [2.24, 2.45) is 0 Å². The van der Waals surface area contributed by atoms with Gasteiger partial charge in [0.15, 0.2) is 0 Å². The Morgan fingerprint density at radius 1 is 0.357 bits per heavy atom. The normalized spacial score (nSPS) is 15.3. The maximum atomic E-state index is 2.43. The highest BCUT2D eigenvalue weighted by Crippen LogP contribution is 2.53. The first-order valence-corrected chi connectivity index (χ1v) is 10.7. The van der Waals surface area contributed by atoms with Gasteiger partial charge >= 0.3 is 0 Å². The van der Waals surface area contributed by atoms with Crippen LogP contribution in [0.1, 0.15) is 79.6 Å². The molecule has 0 bridgehead atoms. The number of fused-ring (bicyclic) bond motifs is 2. The SMILES string of the molecule is Cc1c(C)c(C)c2c(c1C)-c1c(C)c(C)c(C)c3c(C)c(C)c(C)c(c13)C2C. The molecule has 0 aromatic heterocycles. The van der Waals surface area contributed by atoms with Crippen molar-refractivity contribution in [2.45, 2.75) is 82.1 Å². The van der Waals surface area contributed by atoms with Crippen molar-refractivity contribution in [1.29, 1.82) is 0 Å². The zero-order valence-corrected chi connectivity index (χ0v) is 19.6. The second kappa shape index (κ2) is 5.96. The van der Waals surface area contributed by atoms with Crippen LogP contribution in [-0.4, -0.2) is 0 Å². The smallest absolute Gasteiger partial charge is 0.00790 e. The molecule has 0 N–H and O–H groups in total. The number of rotatable bonds is 0. The minimum absolute atomic E-state index is 0.434. The fourth-order valence-corrected chi connectivity index (χ4v) is 5.96. The zero-order chi connectivity index (χ0) is 20.8. The van der Waals surface area contributed by atoms with Gasteiger partial charge in [-0.1, -0.05) is 6.92 Å². The summed E-state index contributed by atoms with van der Waals surface area (Å²) in [6, 6.07) is 0. The van der Waals surface area contributed by atoms with Crippen LogP contribution >= 0.6 is 0 Å². The molecule has 1 unspecified atom stereocenters. The summed E-state index contributed by atoms with van der Waals surface area (Å²) >= 11 is 0. The summed E-state index contributed by atoms with van der Waals surface area (Å²) in [5.41, 5.74) is 20.8. The molecule has 28 heavy (non-hydrogen) atoms. The first kappa shape index (κ1) is 19.2. The molecule has 0 aliphatic heterocycles. The molecule has 0 nitrogen and oxygen atoms in total. The number of hydrogen-bond acceptors (Lipinski definition) is 0. The number of benzene rings is 3. The third-order valence-corrected chi connectivity index (χ3v) is 8.40. The summed E-state index contributed by atoms with van der Waals surface area (Å²) in [4.78, 5) is 0. The maximum Gasteiger partial charge on any atom is 0.00790 e. The van der Waals surface area contributed by atoms with E-state index in [1.54, 1.807) is 11.1 Å². The van der Waals surface area contributed by atoms with E-state index in [0.717, 1.165) is 0 Å². The molecule has 0 heteroatoms. The summed E-state index contributed by atoms with van der Waals surface area (Å²) in [6.07, 6.45) is 0. The summed E-state index contributed by atoms with van der Waals surface area (Å²) in [7, 11) is 0. The fraction of sp³-hybridized carbons (Fsp3) is 0.429. The molecule has 0 spiro atoms. The lowest BCUT2D eigenvalue weighted by molar-refractivity contribution is 0.890. The molecule has 1 aliphatic carbocycles. The van der Waals surface area contributed by atoms with E-state index in [1.807, 2.05) is 0 Å². The molecule has 0 radical (unpaired) electrons. The minimum atomic E-state index is 0.434. The molecule has 146 valence electrons. The molecule has 0 fully saturated rings. The summed E-state index contributed by atoms with van der Waals surface area (Å²) in [5, 5.41) is 3.04. The van der Waals surface area contributed by atoms with Crippen LogP contribution in [0.3, 0.4) is 0 Å². The maximum absolute atomic E-state index is 2.43. The van der Waals surface area contributed by atoms with Gasteiger partial charge < -0.3 is 0 Å². The van der Waals surface area contributed by atoms with Crippen LogP contribution in [0.2, 0.25) is 0 Å².